The predicted molar refractivity (Wildman–Crippen MR) is 140 cm³/mol. The van der Waals surface area contributed by atoms with Crippen LogP contribution in [0, 0.1) is 5.92 Å². The van der Waals surface area contributed by atoms with Crippen LogP contribution in [0.15, 0.2) is 41.4 Å². The lowest BCUT2D eigenvalue weighted by Gasteiger charge is -2.31. The third-order valence-electron chi connectivity index (χ3n) is 6.08. The summed E-state index contributed by atoms with van der Waals surface area (Å²) in [6, 6.07) is 6.57. The average Bonchev–Trinajstić information content (AvgIpc) is 3.37. The summed E-state index contributed by atoms with van der Waals surface area (Å²) in [7, 11) is 0. The molecule has 0 saturated carbocycles. The molecule has 1 aromatic rings. The smallest absolute Gasteiger partial charge is 0.246 e. The summed E-state index contributed by atoms with van der Waals surface area (Å²) < 4.78 is 13.1. The Morgan fingerprint density at radius 1 is 1.16 bits per heavy atom. The number of guanidine groups is 1. The number of carbonyl (C=O) groups is 4. The number of ketones is 1. The van der Waals surface area contributed by atoms with Crippen LogP contribution in [0.25, 0.3) is 6.08 Å². The fourth-order valence-corrected chi connectivity index (χ4v) is 4.11. The van der Waals surface area contributed by atoms with Crippen molar-refractivity contribution >= 4 is 35.5 Å². The van der Waals surface area contributed by atoms with Gasteiger partial charge in [0.15, 0.2) is 11.7 Å². The molecule has 0 unspecified atom stereocenters. The number of rotatable bonds is 13. The topological polar surface area (TPSA) is 160 Å². The van der Waals surface area contributed by atoms with Crippen LogP contribution < -0.4 is 22.1 Å². The minimum atomic E-state index is -1.22. The summed E-state index contributed by atoms with van der Waals surface area (Å²) in [5.74, 6) is -2.42. The molecular weight excluding hydrogens is 479 g/mol. The third kappa shape index (κ3) is 9.32. The number of hydrogen-bond donors (Lipinski definition) is 4. The molecule has 10 nitrogen and oxygen atoms in total. The first-order valence-corrected chi connectivity index (χ1v) is 12.4. The number of halogens is 1. The van der Waals surface area contributed by atoms with Gasteiger partial charge >= 0.3 is 0 Å². The van der Waals surface area contributed by atoms with Gasteiger partial charge in [0.1, 0.15) is 18.8 Å². The van der Waals surface area contributed by atoms with Gasteiger partial charge in [-0.3, -0.25) is 24.2 Å². The summed E-state index contributed by atoms with van der Waals surface area (Å²) >= 11 is 0. The molecule has 0 aliphatic carbocycles. The van der Waals surface area contributed by atoms with Crippen molar-refractivity contribution in [2.45, 2.75) is 57.7 Å². The normalized spacial score (nSPS) is 16.9. The first kappa shape index (κ1) is 29.5. The van der Waals surface area contributed by atoms with Crippen LogP contribution in [0.2, 0.25) is 0 Å². The highest BCUT2D eigenvalue weighted by Gasteiger charge is 2.39. The van der Waals surface area contributed by atoms with E-state index in [0.717, 1.165) is 5.56 Å². The molecule has 3 amide bonds. The maximum Gasteiger partial charge on any atom is 0.246 e. The second kappa shape index (κ2) is 14.7. The summed E-state index contributed by atoms with van der Waals surface area (Å²) in [6.07, 6.45) is 4.52. The van der Waals surface area contributed by atoms with Crippen LogP contribution in [0.1, 0.15) is 45.1 Å². The standard InChI is InChI=1S/C26H37FN6O4/c1-17(2)23(32-22(35)13-12-18-8-4-3-5-9-18)25(37)33-15-7-11-20(33)24(36)31-19(21(34)16-27)10-6-14-30-26(28)29/h3-5,8-9,12-13,17,19-20,23H,6-7,10-11,14-16H2,1-2H3,(H,31,36)(H,32,35)(H4,28,29,30)/b13-12+/t19-,20-,23-/m0/s1. The van der Waals surface area contributed by atoms with Crippen LogP contribution in [0.4, 0.5) is 4.39 Å². The Morgan fingerprint density at radius 3 is 2.49 bits per heavy atom. The maximum atomic E-state index is 13.4. The summed E-state index contributed by atoms with van der Waals surface area (Å²) in [5, 5.41) is 5.35. The molecule has 1 heterocycles. The number of aliphatic imine (C=N–C) groups is 1. The number of alkyl halides is 1. The van der Waals surface area contributed by atoms with E-state index in [-0.39, 0.29) is 30.8 Å². The number of hydrogen-bond acceptors (Lipinski definition) is 5. The van der Waals surface area contributed by atoms with Crippen molar-refractivity contribution in [2.75, 3.05) is 19.8 Å². The van der Waals surface area contributed by atoms with Crippen molar-refractivity contribution < 1.29 is 23.6 Å². The van der Waals surface area contributed by atoms with Crippen molar-refractivity contribution in [3.63, 3.8) is 0 Å². The molecule has 0 aromatic heterocycles. The minimum Gasteiger partial charge on any atom is -0.370 e. The molecule has 1 fully saturated rings. The number of likely N-dealkylation sites (tertiary alicyclic amines) is 1. The average molecular weight is 517 g/mol. The number of nitrogens with two attached hydrogens (primary N) is 2. The molecule has 1 aliphatic heterocycles. The van der Waals surface area contributed by atoms with Crippen LogP contribution in [-0.4, -0.2) is 72.3 Å². The molecule has 0 bridgehead atoms. The van der Waals surface area contributed by atoms with Gasteiger partial charge in [-0.05, 0) is 43.2 Å². The van der Waals surface area contributed by atoms with Crippen molar-refractivity contribution in [2.24, 2.45) is 22.4 Å². The Morgan fingerprint density at radius 2 is 1.86 bits per heavy atom. The molecule has 1 aromatic carbocycles. The van der Waals surface area contributed by atoms with E-state index >= 15 is 0 Å². The zero-order chi connectivity index (χ0) is 27.4. The first-order chi connectivity index (χ1) is 17.6. The van der Waals surface area contributed by atoms with Gasteiger partial charge in [-0.15, -0.1) is 0 Å². The van der Waals surface area contributed by atoms with Gasteiger partial charge in [0.05, 0.1) is 6.04 Å². The fraction of sp³-hybridized carbons (Fsp3) is 0.500. The molecule has 2 rings (SSSR count). The van der Waals surface area contributed by atoms with Gasteiger partial charge in [0, 0.05) is 19.2 Å². The van der Waals surface area contributed by atoms with E-state index in [2.05, 4.69) is 15.6 Å². The SMILES string of the molecule is CC(C)[C@H](NC(=O)/C=C/c1ccccc1)C(=O)N1CCC[C@H]1C(=O)N[C@@H](CCCN=C(N)N)C(=O)CF. The highest BCUT2D eigenvalue weighted by atomic mass is 19.1. The Kier molecular flexibility index (Phi) is 11.7. The van der Waals surface area contributed by atoms with Crippen molar-refractivity contribution in [3.05, 3.63) is 42.0 Å². The second-order valence-corrected chi connectivity index (χ2v) is 9.27. The van der Waals surface area contributed by atoms with Crippen LogP contribution in [-0.2, 0) is 19.2 Å². The van der Waals surface area contributed by atoms with Crippen LogP contribution in [0.3, 0.4) is 0 Å². The molecular formula is C26H37FN6O4. The highest BCUT2D eigenvalue weighted by molar-refractivity contribution is 5.98. The van der Waals surface area contributed by atoms with Gasteiger partial charge in [0.2, 0.25) is 17.7 Å². The van der Waals surface area contributed by atoms with Gasteiger partial charge in [-0.1, -0.05) is 44.2 Å². The van der Waals surface area contributed by atoms with E-state index in [0.29, 0.717) is 25.8 Å². The van der Waals surface area contributed by atoms with Crippen LogP contribution in [0.5, 0.6) is 0 Å². The summed E-state index contributed by atoms with van der Waals surface area (Å²) in [4.78, 5) is 56.3. The molecule has 0 spiro atoms. The highest BCUT2D eigenvalue weighted by Crippen LogP contribution is 2.21. The zero-order valence-electron chi connectivity index (χ0n) is 21.4. The largest absolute Gasteiger partial charge is 0.370 e. The molecule has 11 heteroatoms. The predicted octanol–water partition coefficient (Wildman–Crippen LogP) is 0.909. The minimum absolute atomic E-state index is 0.0973. The Labute approximate surface area is 216 Å². The Hall–Kier alpha value is -3.76. The number of benzene rings is 1. The third-order valence-corrected chi connectivity index (χ3v) is 6.08. The van der Waals surface area contributed by atoms with E-state index in [4.69, 9.17) is 11.5 Å². The molecule has 1 saturated heterocycles. The second-order valence-electron chi connectivity index (χ2n) is 9.27. The lowest BCUT2D eigenvalue weighted by Crippen LogP contribution is -2.56. The summed E-state index contributed by atoms with van der Waals surface area (Å²) in [6.45, 7) is 2.96. The Bertz CT molecular complexity index is 994. The van der Waals surface area contributed by atoms with E-state index in [1.165, 1.54) is 11.0 Å². The van der Waals surface area contributed by atoms with Crippen molar-refractivity contribution in [1.29, 1.82) is 0 Å². The van der Waals surface area contributed by atoms with E-state index in [1.807, 2.05) is 30.3 Å². The quantitative estimate of drug-likeness (QED) is 0.132. The van der Waals surface area contributed by atoms with Gasteiger partial charge in [-0.2, -0.15) is 0 Å². The van der Waals surface area contributed by atoms with Gasteiger partial charge < -0.3 is 27.0 Å². The lowest BCUT2D eigenvalue weighted by molar-refractivity contribution is -0.142. The van der Waals surface area contributed by atoms with Crippen molar-refractivity contribution in [1.82, 2.24) is 15.5 Å². The number of amides is 3. The van der Waals surface area contributed by atoms with E-state index < -0.39 is 42.4 Å². The van der Waals surface area contributed by atoms with Crippen LogP contribution >= 0.6 is 0 Å². The lowest BCUT2D eigenvalue weighted by atomic mass is 10.0. The molecule has 0 radical (unpaired) electrons. The molecule has 202 valence electrons. The maximum absolute atomic E-state index is 13.4. The number of carbonyl (C=O) groups excluding carboxylic acids is 4. The van der Waals surface area contributed by atoms with E-state index in [1.54, 1.807) is 19.9 Å². The number of nitrogens with zero attached hydrogens (tertiary/aromatic N) is 2. The summed E-state index contributed by atoms with van der Waals surface area (Å²) in [5.41, 5.74) is 11.4. The Balaban J connectivity index is 2.05. The number of Topliss-reactive ketones (excluding diaryl/α,β-unsaturated/α-hetero) is 1. The monoisotopic (exact) mass is 516 g/mol. The van der Waals surface area contributed by atoms with Gasteiger partial charge in [-0.25, -0.2) is 4.39 Å². The molecule has 3 atom stereocenters. The molecule has 37 heavy (non-hydrogen) atoms. The first-order valence-electron chi connectivity index (χ1n) is 12.4. The fourth-order valence-electron chi connectivity index (χ4n) is 4.11. The van der Waals surface area contributed by atoms with E-state index in [9.17, 15) is 23.6 Å². The zero-order valence-corrected chi connectivity index (χ0v) is 21.4. The molecule has 6 N–H and O–H groups in total. The van der Waals surface area contributed by atoms with Gasteiger partial charge in [0.25, 0.3) is 0 Å². The molecule has 1 aliphatic rings. The van der Waals surface area contributed by atoms with Crippen molar-refractivity contribution in [3.8, 4) is 0 Å². The number of nitrogens with one attached hydrogen (secondary N) is 2.